The zero-order chi connectivity index (χ0) is 15.9. The number of nitrogens with one attached hydrogen (secondary N) is 1. The van der Waals surface area contributed by atoms with E-state index in [-0.39, 0.29) is 12.4 Å². The van der Waals surface area contributed by atoms with Gasteiger partial charge in [0.15, 0.2) is 0 Å². The van der Waals surface area contributed by atoms with Gasteiger partial charge in [-0.2, -0.15) is 5.26 Å². The maximum absolute atomic E-state index is 8.80. The van der Waals surface area contributed by atoms with Crippen LogP contribution >= 0.6 is 12.4 Å². The van der Waals surface area contributed by atoms with Crippen LogP contribution in [-0.4, -0.2) is 13.1 Å². The van der Waals surface area contributed by atoms with Gasteiger partial charge in [0.05, 0.1) is 11.6 Å². The number of anilines is 1. The highest BCUT2D eigenvalue weighted by Gasteiger charge is 2.10. The van der Waals surface area contributed by atoms with Crippen LogP contribution in [0.15, 0.2) is 48.5 Å². The average molecular weight is 342 g/mol. The van der Waals surface area contributed by atoms with Crippen LogP contribution in [0, 0.1) is 11.3 Å². The van der Waals surface area contributed by atoms with Crippen molar-refractivity contribution in [1.29, 1.82) is 5.26 Å². The van der Waals surface area contributed by atoms with E-state index in [0.717, 1.165) is 13.1 Å². The van der Waals surface area contributed by atoms with Crippen molar-refractivity contribution in [2.75, 3.05) is 18.0 Å². The van der Waals surface area contributed by atoms with Crippen LogP contribution in [0.1, 0.15) is 36.0 Å². The number of halogens is 1. The van der Waals surface area contributed by atoms with E-state index in [9.17, 15) is 0 Å². The van der Waals surface area contributed by atoms with Crippen molar-refractivity contribution in [3.05, 3.63) is 65.2 Å². The van der Waals surface area contributed by atoms with E-state index in [0.29, 0.717) is 5.56 Å². The minimum Gasteiger partial charge on any atom is -0.372 e. The first-order valence-corrected chi connectivity index (χ1v) is 8.39. The van der Waals surface area contributed by atoms with Gasteiger partial charge in [-0.15, -0.1) is 12.4 Å². The lowest BCUT2D eigenvalue weighted by Crippen LogP contribution is -2.29. The molecule has 1 N–H and O–H groups in total. The Kier molecular flexibility index (Phi) is 7.11. The zero-order valence-electron chi connectivity index (χ0n) is 13.9. The maximum Gasteiger partial charge on any atom is 0.0991 e. The van der Waals surface area contributed by atoms with Crippen LogP contribution in [0.5, 0.6) is 0 Å². The van der Waals surface area contributed by atoms with Gasteiger partial charge in [-0.25, -0.2) is 0 Å². The molecule has 2 aromatic rings. The Hall–Kier alpha value is -2.02. The molecule has 0 saturated carbocycles. The summed E-state index contributed by atoms with van der Waals surface area (Å²) in [5.41, 5.74) is 4.57. The van der Waals surface area contributed by atoms with Gasteiger partial charge in [0.25, 0.3) is 0 Å². The van der Waals surface area contributed by atoms with E-state index in [1.807, 2.05) is 24.3 Å². The molecule has 0 aliphatic carbocycles. The third-order valence-electron chi connectivity index (χ3n) is 4.40. The molecule has 1 aliphatic heterocycles. The first-order chi connectivity index (χ1) is 11.3. The summed E-state index contributed by atoms with van der Waals surface area (Å²) in [4.78, 5) is 2.48. The second-order valence-electron chi connectivity index (χ2n) is 6.13. The number of hydrogen-bond acceptors (Lipinski definition) is 3. The van der Waals surface area contributed by atoms with Crippen LogP contribution in [0.2, 0.25) is 0 Å². The minimum absolute atomic E-state index is 0. The highest BCUT2D eigenvalue weighted by molar-refractivity contribution is 5.85. The summed E-state index contributed by atoms with van der Waals surface area (Å²) >= 11 is 0. The molecule has 0 unspecified atom stereocenters. The number of piperidine rings is 1. The van der Waals surface area contributed by atoms with Gasteiger partial charge >= 0.3 is 0 Å². The van der Waals surface area contributed by atoms with Crippen molar-refractivity contribution in [2.24, 2.45) is 0 Å². The summed E-state index contributed by atoms with van der Waals surface area (Å²) in [6.07, 6.45) is 4.00. The number of nitriles is 1. The lowest BCUT2D eigenvalue weighted by Gasteiger charge is -2.28. The van der Waals surface area contributed by atoms with Crippen molar-refractivity contribution in [3.63, 3.8) is 0 Å². The fourth-order valence-electron chi connectivity index (χ4n) is 3.03. The largest absolute Gasteiger partial charge is 0.372 e. The first-order valence-electron chi connectivity index (χ1n) is 8.39. The predicted molar refractivity (Wildman–Crippen MR) is 101 cm³/mol. The third kappa shape index (κ3) is 4.99. The molecule has 3 nitrogen and oxygen atoms in total. The van der Waals surface area contributed by atoms with Crippen molar-refractivity contribution in [1.82, 2.24) is 5.32 Å². The molecule has 3 rings (SSSR count). The molecule has 0 bridgehead atoms. The second-order valence-corrected chi connectivity index (χ2v) is 6.13. The Labute approximate surface area is 150 Å². The maximum atomic E-state index is 8.80. The summed E-state index contributed by atoms with van der Waals surface area (Å²) in [5.74, 6) is 0. The number of rotatable bonds is 5. The summed E-state index contributed by atoms with van der Waals surface area (Å²) in [6, 6.07) is 18.8. The third-order valence-corrected chi connectivity index (χ3v) is 4.40. The van der Waals surface area contributed by atoms with Crippen LogP contribution in [0.4, 0.5) is 5.69 Å². The van der Waals surface area contributed by atoms with E-state index in [1.165, 1.54) is 49.2 Å². The zero-order valence-corrected chi connectivity index (χ0v) is 14.7. The predicted octanol–water partition coefficient (Wildman–Crippen LogP) is 4.26. The van der Waals surface area contributed by atoms with E-state index < -0.39 is 0 Å². The lowest BCUT2D eigenvalue weighted by atomic mass is 10.1. The van der Waals surface area contributed by atoms with Gasteiger partial charge in [0, 0.05) is 31.9 Å². The summed E-state index contributed by atoms with van der Waals surface area (Å²) in [6.45, 7) is 4.06. The first kappa shape index (κ1) is 18.3. The molecule has 1 heterocycles. The molecule has 24 heavy (non-hydrogen) atoms. The summed E-state index contributed by atoms with van der Waals surface area (Å²) in [7, 11) is 0. The SMILES string of the molecule is Cl.N#Cc1ccc(CNCc2ccc(N3CCCCC3)cc2)cc1. The summed E-state index contributed by atoms with van der Waals surface area (Å²) < 4.78 is 0. The molecule has 0 radical (unpaired) electrons. The van der Waals surface area contributed by atoms with Crippen LogP contribution in [0.3, 0.4) is 0 Å². The van der Waals surface area contributed by atoms with E-state index in [4.69, 9.17) is 5.26 Å². The molecule has 0 spiro atoms. The van der Waals surface area contributed by atoms with Crippen molar-refractivity contribution < 1.29 is 0 Å². The van der Waals surface area contributed by atoms with Gasteiger partial charge in [-0.1, -0.05) is 24.3 Å². The molecule has 4 heteroatoms. The Morgan fingerprint density at radius 1 is 0.833 bits per heavy atom. The minimum atomic E-state index is 0. The Bertz CT molecular complexity index is 653. The van der Waals surface area contributed by atoms with E-state index >= 15 is 0 Å². The van der Waals surface area contributed by atoms with E-state index in [2.05, 4.69) is 40.6 Å². The highest BCUT2D eigenvalue weighted by atomic mass is 35.5. The normalized spacial score (nSPS) is 13.9. The monoisotopic (exact) mass is 341 g/mol. The standard InChI is InChI=1S/C20H23N3.ClH/c21-14-17-4-6-18(7-5-17)15-22-16-19-8-10-20(11-9-19)23-12-2-1-3-13-23;/h4-11,22H,1-3,12-13,15-16H2;1H. The molecule has 126 valence electrons. The number of nitrogens with zero attached hydrogens (tertiary/aromatic N) is 2. The average Bonchev–Trinajstić information content (AvgIpc) is 2.64. The summed E-state index contributed by atoms with van der Waals surface area (Å²) in [5, 5.41) is 12.3. The highest BCUT2D eigenvalue weighted by Crippen LogP contribution is 2.20. The fourth-order valence-corrected chi connectivity index (χ4v) is 3.03. The molecule has 1 saturated heterocycles. The number of benzene rings is 2. The quantitative estimate of drug-likeness (QED) is 0.883. The van der Waals surface area contributed by atoms with Gasteiger partial charge in [-0.3, -0.25) is 0 Å². The van der Waals surface area contributed by atoms with Crippen molar-refractivity contribution >= 4 is 18.1 Å². The molecule has 0 atom stereocenters. The molecular formula is C20H24ClN3. The second kappa shape index (κ2) is 9.32. The topological polar surface area (TPSA) is 39.1 Å². The molecule has 1 aliphatic rings. The van der Waals surface area contributed by atoms with Gasteiger partial charge < -0.3 is 10.2 Å². The fraction of sp³-hybridized carbons (Fsp3) is 0.350. The Balaban J connectivity index is 0.00000208. The lowest BCUT2D eigenvalue weighted by molar-refractivity contribution is 0.578. The van der Waals surface area contributed by atoms with Gasteiger partial charge in [0.1, 0.15) is 0 Å². The Morgan fingerprint density at radius 2 is 1.38 bits per heavy atom. The number of hydrogen-bond donors (Lipinski definition) is 1. The van der Waals surface area contributed by atoms with Crippen LogP contribution in [-0.2, 0) is 13.1 Å². The smallest absolute Gasteiger partial charge is 0.0991 e. The molecule has 1 fully saturated rings. The van der Waals surface area contributed by atoms with Gasteiger partial charge in [-0.05, 0) is 54.7 Å². The molecule has 0 aromatic heterocycles. The molecule has 2 aromatic carbocycles. The van der Waals surface area contributed by atoms with Crippen molar-refractivity contribution in [3.8, 4) is 6.07 Å². The van der Waals surface area contributed by atoms with Crippen molar-refractivity contribution in [2.45, 2.75) is 32.4 Å². The molecule has 0 amide bonds. The Morgan fingerprint density at radius 3 is 1.92 bits per heavy atom. The molecular weight excluding hydrogens is 318 g/mol. The van der Waals surface area contributed by atoms with Crippen LogP contribution < -0.4 is 10.2 Å². The van der Waals surface area contributed by atoms with Gasteiger partial charge in [0.2, 0.25) is 0 Å². The van der Waals surface area contributed by atoms with Crippen LogP contribution in [0.25, 0.3) is 0 Å². The van der Waals surface area contributed by atoms with E-state index in [1.54, 1.807) is 0 Å².